The first kappa shape index (κ1) is 19.3. The SMILES string of the molecule is CC(=O)O[C@]1(C(C)=O)CC[C@H]2[C@@H]3C=C(F)C4=CC(=O)NC[C@]4(C)[C@H]3CC[C@@]21C. The number of carbonyl (C=O) groups excluding carboxylic acids is 3. The van der Waals surface area contributed by atoms with E-state index in [0.29, 0.717) is 18.5 Å². The van der Waals surface area contributed by atoms with Gasteiger partial charge in [0.1, 0.15) is 5.83 Å². The Balaban J connectivity index is 1.79. The maximum Gasteiger partial charge on any atom is 0.303 e. The predicted octanol–water partition coefficient (Wildman–Crippen LogP) is 3.25. The van der Waals surface area contributed by atoms with Gasteiger partial charge in [-0.25, -0.2) is 4.39 Å². The second kappa shape index (κ2) is 6.01. The smallest absolute Gasteiger partial charge is 0.303 e. The van der Waals surface area contributed by atoms with E-state index >= 15 is 4.39 Å². The average molecular weight is 389 g/mol. The summed E-state index contributed by atoms with van der Waals surface area (Å²) in [5.41, 5.74) is -1.60. The molecule has 2 fully saturated rings. The van der Waals surface area contributed by atoms with Crippen LogP contribution < -0.4 is 5.32 Å². The van der Waals surface area contributed by atoms with E-state index in [9.17, 15) is 14.4 Å². The minimum Gasteiger partial charge on any atom is -0.451 e. The Bertz CT molecular complexity index is 832. The van der Waals surface area contributed by atoms with Gasteiger partial charge in [-0.2, -0.15) is 0 Å². The average Bonchev–Trinajstić information content (AvgIpc) is 2.90. The van der Waals surface area contributed by atoms with Gasteiger partial charge in [0.2, 0.25) is 5.91 Å². The number of ketones is 1. The first-order valence-corrected chi connectivity index (χ1v) is 10.1. The molecule has 2 saturated carbocycles. The first-order chi connectivity index (χ1) is 13.0. The highest BCUT2D eigenvalue weighted by molar-refractivity contribution is 5.91. The predicted molar refractivity (Wildman–Crippen MR) is 101 cm³/mol. The number of allylic oxidation sites excluding steroid dienone is 2. The van der Waals surface area contributed by atoms with Crippen LogP contribution in [0.15, 0.2) is 23.6 Å². The molecule has 6 atom stereocenters. The molecular weight excluding hydrogens is 361 g/mol. The summed E-state index contributed by atoms with van der Waals surface area (Å²) in [6, 6.07) is 0. The molecule has 1 amide bonds. The van der Waals surface area contributed by atoms with Gasteiger partial charge in [0.25, 0.3) is 0 Å². The molecule has 3 aliphatic carbocycles. The molecule has 0 saturated heterocycles. The molecule has 28 heavy (non-hydrogen) atoms. The zero-order valence-corrected chi connectivity index (χ0v) is 16.9. The van der Waals surface area contributed by atoms with Crippen LogP contribution in [0.2, 0.25) is 0 Å². The van der Waals surface area contributed by atoms with Crippen molar-refractivity contribution in [2.75, 3.05) is 6.54 Å². The van der Waals surface area contributed by atoms with Gasteiger partial charge in [-0.3, -0.25) is 14.4 Å². The van der Waals surface area contributed by atoms with Crippen LogP contribution in [0.4, 0.5) is 4.39 Å². The third kappa shape index (κ3) is 2.32. The molecule has 0 spiro atoms. The summed E-state index contributed by atoms with van der Waals surface area (Å²) in [5.74, 6) is -0.960. The number of amides is 1. The Labute approximate surface area is 164 Å². The molecule has 1 N–H and O–H groups in total. The van der Waals surface area contributed by atoms with Gasteiger partial charge in [0.05, 0.1) is 0 Å². The first-order valence-electron chi connectivity index (χ1n) is 10.1. The van der Waals surface area contributed by atoms with Crippen molar-refractivity contribution in [3.05, 3.63) is 23.6 Å². The molecule has 152 valence electrons. The molecular formula is C22H28FNO4. The zero-order chi connectivity index (χ0) is 20.5. The fourth-order valence-corrected chi connectivity index (χ4v) is 6.88. The lowest BCUT2D eigenvalue weighted by atomic mass is 9.48. The Hall–Kier alpha value is -1.98. The van der Waals surface area contributed by atoms with Crippen LogP contribution >= 0.6 is 0 Å². The van der Waals surface area contributed by atoms with E-state index in [4.69, 9.17) is 4.74 Å². The van der Waals surface area contributed by atoms with Gasteiger partial charge < -0.3 is 10.1 Å². The van der Waals surface area contributed by atoms with Crippen molar-refractivity contribution >= 4 is 17.7 Å². The Kier molecular flexibility index (Phi) is 4.15. The Morgan fingerprint density at radius 1 is 1.18 bits per heavy atom. The number of carbonyl (C=O) groups is 3. The summed E-state index contributed by atoms with van der Waals surface area (Å²) in [4.78, 5) is 36.3. The summed E-state index contributed by atoms with van der Waals surface area (Å²) in [5, 5.41) is 2.87. The number of hydrogen-bond acceptors (Lipinski definition) is 4. The minimum atomic E-state index is -1.13. The van der Waals surface area contributed by atoms with Crippen LogP contribution in [0, 0.1) is 28.6 Å². The monoisotopic (exact) mass is 389 g/mol. The molecule has 0 bridgehead atoms. The van der Waals surface area contributed by atoms with E-state index in [2.05, 4.69) is 5.32 Å². The highest BCUT2D eigenvalue weighted by Crippen LogP contribution is 2.67. The lowest BCUT2D eigenvalue weighted by Gasteiger charge is -2.57. The minimum absolute atomic E-state index is 0.0484. The second-order valence-electron chi connectivity index (χ2n) is 9.47. The maximum atomic E-state index is 15.1. The Morgan fingerprint density at radius 2 is 1.86 bits per heavy atom. The number of fused-ring (bicyclic) bond motifs is 5. The van der Waals surface area contributed by atoms with E-state index in [1.54, 1.807) is 6.08 Å². The highest BCUT2D eigenvalue weighted by Gasteiger charge is 2.67. The molecule has 1 heterocycles. The van der Waals surface area contributed by atoms with Gasteiger partial charge in [0.15, 0.2) is 11.4 Å². The molecule has 1 aliphatic heterocycles. The van der Waals surface area contributed by atoms with Gasteiger partial charge in [-0.05, 0) is 56.4 Å². The highest BCUT2D eigenvalue weighted by atomic mass is 19.1. The van der Waals surface area contributed by atoms with E-state index in [1.165, 1.54) is 19.9 Å². The van der Waals surface area contributed by atoms with Crippen molar-refractivity contribution in [2.24, 2.45) is 28.6 Å². The fourth-order valence-electron chi connectivity index (χ4n) is 6.88. The molecule has 0 unspecified atom stereocenters. The van der Waals surface area contributed by atoms with E-state index in [-0.39, 0.29) is 35.3 Å². The topological polar surface area (TPSA) is 72.5 Å². The van der Waals surface area contributed by atoms with Crippen LogP contribution in [0.5, 0.6) is 0 Å². The lowest BCUT2D eigenvalue weighted by molar-refractivity contribution is -0.185. The second-order valence-corrected chi connectivity index (χ2v) is 9.47. The number of Topliss-reactive ketones (excluding diaryl/α,β-unsaturated/α-hetero) is 1. The Morgan fingerprint density at radius 3 is 2.50 bits per heavy atom. The zero-order valence-electron chi connectivity index (χ0n) is 16.9. The van der Waals surface area contributed by atoms with E-state index in [0.717, 1.165) is 19.3 Å². The number of ether oxygens (including phenoxy) is 1. The summed E-state index contributed by atoms with van der Waals surface area (Å²) < 4.78 is 20.8. The number of hydrogen-bond donors (Lipinski definition) is 1. The maximum absolute atomic E-state index is 15.1. The summed E-state index contributed by atoms with van der Waals surface area (Å²) >= 11 is 0. The molecule has 4 aliphatic rings. The van der Waals surface area contributed by atoms with Gasteiger partial charge in [-0.15, -0.1) is 0 Å². The number of halogens is 1. The molecule has 5 nitrogen and oxygen atoms in total. The van der Waals surface area contributed by atoms with Crippen LogP contribution in [0.3, 0.4) is 0 Å². The van der Waals surface area contributed by atoms with Crippen molar-refractivity contribution in [1.82, 2.24) is 5.32 Å². The van der Waals surface area contributed by atoms with E-state index in [1.807, 2.05) is 13.8 Å². The standard InChI is InChI=1S/C22H28FNO4/c1-12(25)22(28-13(2)26)8-6-16-14-9-18(23)17-10-19(27)24-11-20(17,3)15(14)5-7-21(16,22)4/h9-10,14-16H,5-8,11H2,1-4H3,(H,24,27)/t14-,15+,16+,20-,21+,22+/m1/s1. The molecule has 0 aromatic heterocycles. The van der Waals surface area contributed by atoms with Crippen LogP contribution in [-0.4, -0.2) is 29.8 Å². The molecule has 6 heteroatoms. The quantitative estimate of drug-likeness (QED) is 0.736. The van der Waals surface area contributed by atoms with Gasteiger partial charge in [-0.1, -0.05) is 13.8 Å². The normalized spacial score (nSPS) is 44.3. The number of nitrogens with one attached hydrogen (secondary N) is 1. The van der Waals surface area contributed by atoms with Crippen molar-refractivity contribution in [2.45, 2.75) is 59.0 Å². The van der Waals surface area contributed by atoms with Crippen molar-refractivity contribution in [1.29, 1.82) is 0 Å². The fraction of sp³-hybridized carbons (Fsp3) is 0.682. The van der Waals surface area contributed by atoms with E-state index < -0.39 is 22.4 Å². The lowest BCUT2D eigenvalue weighted by Crippen LogP contribution is -2.59. The van der Waals surface area contributed by atoms with Crippen molar-refractivity contribution in [3.63, 3.8) is 0 Å². The number of rotatable bonds is 2. The van der Waals surface area contributed by atoms with Crippen molar-refractivity contribution in [3.8, 4) is 0 Å². The third-order valence-electron chi connectivity index (χ3n) is 8.27. The van der Waals surface area contributed by atoms with Crippen molar-refractivity contribution < 1.29 is 23.5 Å². The number of esters is 1. The molecule has 0 aromatic rings. The summed E-state index contributed by atoms with van der Waals surface area (Å²) in [7, 11) is 0. The van der Waals surface area contributed by atoms with Crippen LogP contribution in [0.25, 0.3) is 0 Å². The summed E-state index contributed by atoms with van der Waals surface area (Å²) in [6.45, 7) is 7.33. The van der Waals surface area contributed by atoms with Crippen LogP contribution in [-0.2, 0) is 19.1 Å². The molecule has 4 rings (SSSR count). The molecule has 0 radical (unpaired) electrons. The van der Waals surface area contributed by atoms with Gasteiger partial charge in [0, 0.05) is 35.9 Å². The largest absolute Gasteiger partial charge is 0.451 e. The third-order valence-corrected chi connectivity index (χ3v) is 8.27. The molecule has 0 aromatic carbocycles. The summed E-state index contributed by atoms with van der Waals surface area (Å²) in [6.07, 6.45) is 5.79. The van der Waals surface area contributed by atoms with Gasteiger partial charge >= 0.3 is 5.97 Å². The van der Waals surface area contributed by atoms with Crippen LogP contribution in [0.1, 0.15) is 53.4 Å².